The molecule has 0 saturated carbocycles. The van der Waals surface area contributed by atoms with E-state index in [4.69, 9.17) is 16.3 Å². The molecule has 0 amide bonds. The average molecular weight is 312 g/mol. The number of rotatable bonds is 3. The SMILES string of the molecule is Cl.Clc1c(COC2CCNCC2)ccc2ccccc12. The molecule has 1 N–H and O–H groups in total. The van der Waals surface area contributed by atoms with Gasteiger partial charge in [-0.2, -0.15) is 0 Å². The molecule has 20 heavy (non-hydrogen) atoms. The van der Waals surface area contributed by atoms with Gasteiger partial charge in [0.05, 0.1) is 17.7 Å². The van der Waals surface area contributed by atoms with Crippen molar-refractivity contribution in [1.29, 1.82) is 0 Å². The maximum absolute atomic E-state index is 6.47. The van der Waals surface area contributed by atoms with E-state index in [0.717, 1.165) is 41.9 Å². The van der Waals surface area contributed by atoms with Gasteiger partial charge in [-0.05, 0) is 36.9 Å². The van der Waals surface area contributed by atoms with Gasteiger partial charge >= 0.3 is 0 Å². The molecule has 0 aromatic heterocycles. The van der Waals surface area contributed by atoms with Crippen LogP contribution in [0.2, 0.25) is 5.02 Å². The Morgan fingerprint density at radius 1 is 1.10 bits per heavy atom. The lowest BCUT2D eigenvalue weighted by Crippen LogP contribution is -2.32. The van der Waals surface area contributed by atoms with E-state index in [1.54, 1.807) is 0 Å². The molecule has 3 rings (SSSR count). The van der Waals surface area contributed by atoms with Gasteiger partial charge < -0.3 is 10.1 Å². The van der Waals surface area contributed by atoms with Crippen LogP contribution in [0.15, 0.2) is 36.4 Å². The quantitative estimate of drug-likeness (QED) is 0.918. The zero-order chi connectivity index (χ0) is 13.1. The third-order valence-electron chi connectivity index (χ3n) is 3.70. The van der Waals surface area contributed by atoms with Crippen molar-refractivity contribution in [3.05, 3.63) is 47.0 Å². The summed E-state index contributed by atoms with van der Waals surface area (Å²) in [5, 5.41) is 6.45. The minimum Gasteiger partial charge on any atom is -0.373 e. The number of fused-ring (bicyclic) bond motifs is 1. The Hall–Kier alpha value is -0.800. The van der Waals surface area contributed by atoms with Crippen molar-refractivity contribution in [1.82, 2.24) is 5.32 Å². The van der Waals surface area contributed by atoms with Gasteiger partial charge in [-0.3, -0.25) is 0 Å². The summed E-state index contributed by atoms with van der Waals surface area (Å²) < 4.78 is 5.97. The van der Waals surface area contributed by atoms with Gasteiger partial charge in [-0.25, -0.2) is 0 Å². The second kappa shape index (κ2) is 7.28. The van der Waals surface area contributed by atoms with Crippen LogP contribution >= 0.6 is 24.0 Å². The number of hydrogen-bond donors (Lipinski definition) is 1. The lowest BCUT2D eigenvalue weighted by molar-refractivity contribution is 0.0213. The molecule has 1 aliphatic heterocycles. The van der Waals surface area contributed by atoms with E-state index in [2.05, 4.69) is 29.6 Å². The maximum Gasteiger partial charge on any atom is 0.0735 e. The molecule has 1 fully saturated rings. The van der Waals surface area contributed by atoms with Crippen molar-refractivity contribution in [3.8, 4) is 0 Å². The molecule has 4 heteroatoms. The Bertz CT molecular complexity index is 567. The molecular weight excluding hydrogens is 293 g/mol. The zero-order valence-electron chi connectivity index (χ0n) is 11.3. The highest BCUT2D eigenvalue weighted by Crippen LogP contribution is 2.28. The van der Waals surface area contributed by atoms with Crippen molar-refractivity contribution in [2.45, 2.75) is 25.6 Å². The van der Waals surface area contributed by atoms with Crippen LogP contribution in [0.4, 0.5) is 0 Å². The Labute approximate surface area is 130 Å². The lowest BCUT2D eigenvalue weighted by Gasteiger charge is -2.23. The van der Waals surface area contributed by atoms with Gasteiger partial charge in [0.15, 0.2) is 0 Å². The summed E-state index contributed by atoms with van der Waals surface area (Å²) in [6.07, 6.45) is 2.54. The fourth-order valence-electron chi connectivity index (χ4n) is 2.56. The molecule has 0 unspecified atom stereocenters. The van der Waals surface area contributed by atoms with Gasteiger partial charge in [-0.1, -0.05) is 48.0 Å². The molecule has 2 aromatic rings. The molecule has 0 atom stereocenters. The van der Waals surface area contributed by atoms with Crippen molar-refractivity contribution in [2.75, 3.05) is 13.1 Å². The van der Waals surface area contributed by atoms with E-state index >= 15 is 0 Å². The first-order chi connectivity index (χ1) is 9.34. The van der Waals surface area contributed by atoms with Gasteiger partial charge in [-0.15, -0.1) is 12.4 Å². The highest BCUT2D eigenvalue weighted by atomic mass is 35.5. The first kappa shape index (κ1) is 15.6. The Kier molecular flexibility index (Phi) is 5.67. The number of halogens is 2. The molecule has 1 saturated heterocycles. The van der Waals surface area contributed by atoms with Crippen LogP contribution in [-0.2, 0) is 11.3 Å². The van der Waals surface area contributed by atoms with E-state index in [1.807, 2.05) is 12.1 Å². The summed E-state index contributed by atoms with van der Waals surface area (Å²) >= 11 is 6.47. The second-order valence-corrected chi connectivity index (χ2v) is 5.40. The van der Waals surface area contributed by atoms with Crippen LogP contribution in [0.5, 0.6) is 0 Å². The fraction of sp³-hybridized carbons (Fsp3) is 0.375. The van der Waals surface area contributed by atoms with Crippen LogP contribution in [0.1, 0.15) is 18.4 Å². The van der Waals surface area contributed by atoms with Crippen molar-refractivity contribution < 1.29 is 4.74 Å². The third-order valence-corrected chi connectivity index (χ3v) is 4.15. The number of benzene rings is 2. The van der Waals surface area contributed by atoms with E-state index in [-0.39, 0.29) is 12.4 Å². The minimum absolute atomic E-state index is 0. The Morgan fingerprint density at radius 3 is 2.65 bits per heavy atom. The molecular formula is C16H19Cl2NO. The highest BCUT2D eigenvalue weighted by Gasteiger charge is 2.14. The van der Waals surface area contributed by atoms with E-state index in [1.165, 1.54) is 5.39 Å². The first-order valence-electron chi connectivity index (χ1n) is 6.83. The minimum atomic E-state index is 0. The van der Waals surface area contributed by atoms with Crippen molar-refractivity contribution in [3.63, 3.8) is 0 Å². The number of piperidine rings is 1. The van der Waals surface area contributed by atoms with Crippen LogP contribution in [0, 0.1) is 0 Å². The van der Waals surface area contributed by atoms with Gasteiger partial charge in [0.1, 0.15) is 0 Å². The van der Waals surface area contributed by atoms with Crippen LogP contribution in [0.3, 0.4) is 0 Å². The zero-order valence-corrected chi connectivity index (χ0v) is 12.8. The van der Waals surface area contributed by atoms with Crippen LogP contribution in [0.25, 0.3) is 10.8 Å². The molecule has 0 aliphatic carbocycles. The second-order valence-electron chi connectivity index (χ2n) is 5.02. The first-order valence-corrected chi connectivity index (χ1v) is 7.21. The standard InChI is InChI=1S/C16H18ClNO.ClH/c17-16-13(11-19-14-7-9-18-10-8-14)6-5-12-3-1-2-4-15(12)16;/h1-6,14,18H,7-11H2;1H. The molecule has 1 aliphatic rings. The van der Waals surface area contributed by atoms with Gasteiger partial charge in [0.2, 0.25) is 0 Å². The topological polar surface area (TPSA) is 21.3 Å². The third kappa shape index (κ3) is 3.44. The molecule has 1 heterocycles. The summed E-state index contributed by atoms with van der Waals surface area (Å²) in [6.45, 7) is 2.71. The summed E-state index contributed by atoms with van der Waals surface area (Å²) in [4.78, 5) is 0. The average Bonchev–Trinajstić information content (AvgIpc) is 2.48. The normalized spacial score (nSPS) is 16.1. The summed E-state index contributed by atoms with van der Waals surface area (Å²) in [6, 6.07) is 12.4. The van der Waals surface area contributed by atoms with Crippen molar-refractivity contribution in [2.24, 2.45) is 0 Å². The molecule has 0 bridgehead atoms. The van der Waals surface area contributed by atoms with E-state index in [9.17, 15) is 0 Å². The molecule has 108 valence electrons. The largest absolute Gasteiger partial charge is 0.373 e. The van der Waals surface area contributed by atoms with Crippen molar-refractivity contribution >= 4 is 34.8 Å². The van der Waals surface area contributed by atoms with Gasteiger partial charge in [0, 0.05) is 5.39 Å². The number of hydrogen-bond acceptors (Lipinski definition) is 2. The van der Waals surface area contributed by atoms with E-state index in [0.29, 0.717) is 12.7 Å². The molecule has 0 spiro atoms. The lowest BCUT2D eigenvalue weighted by atomic mass is 10.1. The molecule has 2 nitrogen and oxygen atoms in total. The van der Waals surface area contributed by atoms with Gasteiger partial charge in [0.25, 0.3) is 0 Å². The number of nitrogens with one attached hydrogen (secondary N) is 1. The predicted molar refractivity (Wildman–Crippen MR) is 86.9 cm³/mol. The summed E-state index contributed by atoms with van der Waals surface area (Å²) in [7, 11) is 0. The molecule has 2 aromatic carbocycles. The number of ether oxygens (including phenoxy) is 1. The van der Waals surface area contributed by atoms with E-state index < -0.39 is 0 Å². The maximum atomic E-state index is 6.47. The molecule has 0 radical (unpaired) electrons. The van der Waals surface area contributed by atoms with Crippen LogP contribution < -0.4 is 5.32 Å². The summed E-state index contributed by atoms with van der Waals surface area (Å²) in [5.74, 6) is 0. The summed E-state index contributed by atoms with van der Waals surface area (Å²) in [5.41, 5.74) is 1.08. The Balaban J connectivity index is 0.00000147. The predicted octanol–water partition coefficient (Wildman–Crippen LogP) is 4.18. The monoisotopic (exact) mass is 311 g/mol. The van der Waals surface area contributed by atoms with Crippen LogP contribution in [-0.4, -0.2) is 19.2 Å². The smallest absolute Gasteiger partial charge is 0.0735 e. The fourth-order valence-corrected chi connectivity index (χ4v) is 2.85. The Morgan fingerprint density at radius 2 is 1.85 bits per heavy atom. The highest BCUT2D eigenvalue weighted by molar-refractivity contribution is 6.36.